The SMILES string of the molecule is CCO[Si](C[Si](OCC)(OCC)OCC)(OCC)OCC.CO[Si](C[Si](OC)(OC)OC)(OC)OC. The van der Waals surface area contributed by atoms with Crippen molar-refractivity contribution in [1.29, 1.82) is 0 Å². The van der Waals surface area contributed by atoms with Crippen LogP contribution in [-0.2, 0) is 53.1 Å². The highest BCUT2D eigenvalue weighted by molar-refractivity contribution is 6.80. The van der Waals surface area contributed by atoms with Crippen LogP contribution in [0.4, 0.5) is 0 Å². The van der Waals surface area contributed by atoms with Gasteiger partial charge in [-0.05, 0) is 41.5 Å². The van der Waals surface area contributed by atoms with Crippen LogP contribution in [0.3, 0.4) is 0 Å². The Kier molecular flexibility index (Phi) is 22.7. The minimum Gasteiger partial charge on any atom is -0.377 e. The average Bonchev–Trinajstić information content (AvgIpc) is 2.87. The highest BCUT2D eigenvalue weighted by Gasteiger charge is 2.56. The molecular formula is C20H52O12Si4. The van der Waals surface area contributed by atoms with Gasteiger partial charge in [0, 0.05) is 82.3 Å². The summed E-state index contributed by atoms with van der Waals surface area (Å²) < 4.78 is 67.1. The summed E-state index contributed by atoms with van der Waals surface area (Å²) in [7, 11) is -1.92. The molecule has 16 heteroatoms. The van der Waals surface area contributed by atoms with Crippen molar-refractivity contribution in [1.82, 2.24) is 0 Å². The Hall–Kier alpha value is 0.388. The fraction of sp³-hybridized carbons (Fsp3) is 1.00. The van der Waals surface area contributed by atoms with Gasteiger partial charge >= 0.3 is 35.2 Å². The summed E-state index contributed by atoms with van der Waals surface area (Å²) >= 11 is 0. The third-order valence-corrected chi connectivity index (χ3v) is 19.9. The highest BCUT2D eigenvalue weighted by Crippen LogP contribution is 2.27. The van der Waals surface area contributed by atoms with Gasteiger partial charge in [0.1, 0.15) is 0 Å². The van der Waals surface area contributed by atoms with Crippen LogP contribution in [0, 0.1) is 0 Å². The summed E-state index contributed by atoms with van der Waals surface area (Å²) in [5, 5.41) is 0. The third kappa shape index (κ3) is 13.0. The second-order valence-electron chi connectivity index (χ2n) is 6.91. The van der Waals surface area contributed by atoms with E-state index in [1.54, 1.807) is 42.7 Å². The zero-order valence-electron chi connectivity index (χ0n) is 24.6. The lowest BCUT2D eigenvalue weighted by atomic mass is 10.9. The van der Waals surface area contributed by atoms with Crippen LogP contribution >= 0.6 is 0 Å². The molecule has 0 unspecified atom stereocenters. The predicted octanol–water partition coefficient (Wildman–Crippen LogP) is 2.90. The molecule has 0 aromatic heterocycles. The van der Waals surface area contributed by atoms with Gasteiger partial charge in [-0.15, -0.1) is 0 Å². The molecule has 220 valence electrons. The molecule has 0 rings (SSSR count). The summed E-state index contributed by atoms with van der Waals surface area (Å²) in [6, 6.07) is 0. The molecule has 0 spiro atoms. The molecule has 0 aliphatic rings. The first kappa shape index (κ1) is 38.5. The van der Waals surface area contributed by atoms with Gasteiger partial charge in [-0.1, -0.05) is 0 Å². The van der Waals surface area contributed by atoms with Crippen LogP contribution in [0.1, 0.15) is 41.5 Å². The van der Waals surface area contributed by atoms with Crippen molar-refractivity contribution in [2.24, 2.45) is 0 Å². The van der Waals surface area contributed by atoms with E-state index < -0.39 is 35.2 Å². The van der Waals surface area contributed by atoms with Gasteiger partial charge in [-0.25, -0.2) is 0 Å². The van der Waals surface area contributed by atoms with Crippen molar-refractivity contribution in [3.05, 3.63) is 0 Å². The van der Waals surface area contributed by atoms with Gasteiger partial charge in [-0.2, -0.15) is 0 Å². The molecule has 0 radical (unpaired) electrons. The average molecular weight is 597 g/mol. The maximum absolute atomic E-state index is 5.89. The van der Waals surface area contributed by atoms with Crippen LogP contribution in [0.5, 0.6) is 0 Å². The van der Waals surface area contributed by atoms with Crippen LogP contribution in [0.15, 0.2) is 0 Å². The summed E-state index contributed by atoms with van der Waals surface area (Å²) in [4.78, 5) is 0. The predicted molar refractivity (Wildman–Crippen MR) is 144 cm³/mol. The van der Waals surface area contributed by atoms with Crippen LogP contribution in [-0.4, -0.2) is 118 Å². The highest BCUT2D eigenvalue weighted by atomic mass is 28.5. The van der Waals surface area contributed by atoms with Crippen LogP contribution in [0.25, 0.3) is 0 Å². The summed E-state index contributed by atoms with van der Waals surface area (Å²) in [5.74, 6) is 0. The first-order chi connectivity index (χ1) is 17.1. The molecule has 36 heavy (non-hydrogen) atoms. The van der Waals surface area contributed by atoms with Gasteiger partial charge in [-0.3, -0.25) is 0 Å². The standard InChI is InChI=1S/C13H32O6Si2.C7H20O6Si2/c1-7-14-20(15-8-2,16-9-3)13-21(17-10-4,18-11-5)19-12-6;1-8-14(9-2,10-3)7-15(11-4,12-5)13-6/h7-13H2,1-6H3;7H2,1-6H3. The molecule has 0 fully saturated rings. The Morgan fingerprint density at radius 1 is 0.306 bits per heavy atom. The Morgan fingerprint density at radius 2 is 0.472 bits per heavy atom. The zero-order valence-corrected chi connectivity index (χ0v) is 28.6. The third-order valence-electron chi connectivity index (χ3n) is 4.92. The molecule has 0 aromatic rings. The van der Waals surface area contributed by atoms with Crippen molar-refractivity contribution >= 4 is 35.2 Å². The van der Waals surface area contributed by atoms with Crippen LogP contribution in [0.2, 0.25) is 11.3 Å². The van der Waals surface area contributed by atoms with Crippen molar-refractivity contribution in [2.45, 2.75) is 52.9 Å². The zero-order chi connectivity index (χ0) is 28.1. The second kappa shape index (κ2) is 21.2. The van der Waals surface area contributed by atoms with E-state index in [0.717, 1.165) is 0 Å². The van der Waals surface area contributed by atoms with Gasteiger partial charge in [0.05, 0.1) is 11.3 Å². The van der Waals surface area contributed by atoms with Crippen molar-refractivity contribution in [2.75, 3.05) is 82.3 Å². The molecular weight excluding hydrogens is 545 g/mol. The Labute approximate surface area is 223 Å². The minimum atomic E-state index is -2.86. The molecule has 0 amide bonds. The van der Waals surface area contributed by atoms with E-state index in [0.29, 0.717) is 51.0 Å². The Morgan fingerprint density at radius 3 is 0.611 bits per heavy atom. The largest absolute Gasteiger partial charge is 0.505 e. The van der Waals surface area contributed by atoms with E-state index in [-0.39, 0.29) is 0 Å². The Balaban J connectivity index is 0. The van der Waals surface area contributed by atoms with Gasteiger partial charge in [0.2, 0.25) is 0 Å². The van der Waals surface area contributed by atoms with E-state index in [1.807, 2.05) is 41.5 Å². The lowest BCUT2D eigenvalue weighted by Gasteiger charge is -2.35. The maximum atomic E-state index is 5.89. The lowest BCUT2D eigenvalue weighted by molar-refractivity contribution is 0.0472. The first-order valence-corrected chi connectivity index (χ1v) is 20.0. The number of hydrogen-bond acceptors (Lipinski definition) is 12. The molecule has 0 saturated heterocycles. The maximum Gasteiger partial charge on any atom is 0.505 e. The Bertz CT molecular complexity index is 421. The quantitative estimate of drug-likeness (QED) is 0.171. The van der Waals surface area contributed by atoms with Crippen molar-refractivity contribution in [3.8, 4) is 0 Å². The molecule has 0 bridgehead atoms. The lowest BCUT2D eigenvalue weighted by Crippen LogP contribution is -2.58. The molecule has 0 saturated carbocycles. The molecule has 0 atom stereocenters. The monoisotopic (exact) mass is 596 g/mol. The summed E-state index contributed by atoms with van der Waals surface area (Å²) in [5.41, 5.74) is 0.831. The molecule has 0 aliphatic heterocycles. The topological polar surface area (TPSA) is 111 Å². The normalized spacial score (nSPS) is 13.0. The summed E-state index contributed by atoms with van der Waals surface area (Å²) in [6.45, 7) is 14.8. The number of hydrogen-bond donors (Lipinski definition) is 0. The van der Waals surface area contributed by atoms with E-state index in [4.69, 9.17) is 53.1 Å². The molecule has 0 N–H and O–H groups in total. The molecule has 12 nitrogen and oxygen atoms in total. The van der Waals surface area contributed by atoms with Crippen molar-refractivity contribution < 1.29 is 53.1 Å². The fourth-order valence-electron chi connectivity index (χ4n) is 3.34. The smallest absolute Gasteiger partial charge is 0.377 e. The fourth-order valence-corrected chi connectivity index (χ4v) is 17.6. The summed E-state index contributed by atoms with van der Waals surface area (Å²) in [6.07, 6.45) is 0. The van der Waals surface area contributed by atoms with E-state index in [1.165, 1.54) is 0 Å². The van der Waals surface area contributed by atoms with Gasteiger partial charge < -0.3 is 53.1 Å². The van der Waals surface area contributed by atoms with E-state index >= 15 is 0 Å². The molecule has 0 aromatic carbocycles. The van der Waals surface area contributed by atoms with Gasteiger partial charge in [0.25, 0.3) is 0 Å². The van der Waals surface area contributed by atoms with Gasteiger partial charge in [0.15, 0.2) is 0 Å². The molecule has 0 heterocycles. The van der Waals surface area contributed by atoms with Crippen LogP contribution < -0.4 is 0 Å². The van der Waals surface area contributed by atoms with E-state index in [9.17, 15) is 0 Å². The second-order valence-corrected chi connectivity index (χ2v) is 19.4. The minimum absolute atomic E-state index is 0.382. The molecule has 0 aliphatic carbocycles. The number of rotatable bonds is 22. The van der Waals surface area contributed by atoms with E-state index in [2.05, 4.69) is 0 Å². The van der Waals surface area contributed by atoms with Crippen molar-refractivity contribution in [3.63, 3.8) is 0 Å². The first-order valence-electron chi connectivity index (χ1n) is 12.3.